The fourth-order valence-corrected chi connectivity index (χ4v) is 2.33. The van der Waals surface area contributed by atoms with Crippen LogP contribution in [-0.4, -0.2) is 25.0 Å². The van der Waals surface area contributed by atoms with E-state index in [0.717, 1.165) is 11.1 Å². The summed E-state index contributed by atoms with van der Waals surface area (Å²) in [7, 11) is 3.42. The number of benzene rings is 2. The number of rotatable bonds is 6. The summed E-state index contributed by atoms with van der Waals surface area (Å²) in [4.78, 5) is 14.0. The summed E-state index contributed by atoms with van der Waals surface area (Å²) in [5.74, 6) is 0.787. The number of nitrogens with zero attached hydrogens (tertiary/aromatic N) is 1. The third-order valence-corrected chi connectivity index (χ3v) is 3.61. The Labute approximate surface area is 131 Å². The fourth-order valence-electron chi connectivity index (χ4n) is 2.33. The molecule has 0 spiro atoms. The highest BCUT2D eigenvalue weighted by molar-refractivity contribution is 5.76. The molecular weight excluding hydrogens is 276 g/mol. The van der Waals surface area contributed by atoms with Crippen molar-refractivity contribution in [3.63, 3.8) is 0 Å². The largest absolute Gasteiger partial charge is 0.495 e. The minimum Gasteiger partial charge on any atom is -0.495 e. The molecule has 0 saturated carbocycles. The van der Waals surface area contributed by atoms with Gasteiger partial charge in [-0.15, -0.1) is 0 Å². The molecule has 4 nitrogen and oxygen atoms in total. The van der Waals surface area contributed by atoms with Crippen molar-refractivity contribution in [1.82, 2.24) is 4.90 Å². The Balaban J connectivity index is 1.88. The molecule has 2 N–H and O–H groups in total. The number of nitrogen functional groups attached to an aromatic ring is 1. The van der Waals surface area contributed by atoms with E-state index in [1.165, 1.54) is 0 Å². The minimum absolute atomic E-state index is 0.123. The van der Waals surface area contributed by atoms with Gasteiger partial charge < -0.3 is 15.4 Å². The Morgan fingerprint density at radius 3 is 2.50 bits per heavy atom. The van der Waals surface area contributed by atoms with E-state index in [0.29, 0.717) is 30.8 Å². The van der Waals surface area contributed by atoms with Crippen molar-refractivity contribution >= 4 is 11.6 Å². The summed E-state index contributed by atoms with van der Waals surface area (Å²) >= 11 is 0. The maximum atomic E-state index is 12.2. The van der Waals surface area contributed by atoms with Gasteiger partial charge in [-0.3, -0.25) is 4.79 Å². The van der Waals surface area contributed by atoms with Crippen LogP contribution in [0.2, 0.25) is 0 Å². The molecule has 0 heterocycles. The molecule has 0 unspecified atom stereocenters. The Morgan fingerprint density at radius 1 is 1.14 bits per heavy atom. The van der Waals surface area contributed by atoms with Crippen molar-refractivity contribution in [2.24, 2.45) is 0 Å². The minimum atomic E-state index is 0.123. The average Bonchev–Trinajstić information content (AvgIpc) is 2.53. The molecule has 0 aliphatic heterocycles. The number of amides is 1. The van der Waals surface area contributed by atoms with Gasteiger partial charge >= 0.3 is 0 Å². The van der Waals surface area contributed by atoms with Gasteiger partial charge in [0.25, 0.3) is 0 Å². The van der Waals surface area contributed by atoms with Crippen LogP contribution in [0.5, 0.6) is 5.75 Å². The van der Waals surface area contributed by atoms with Crippen LogP contribution in [0.25, 0.3) is 0 Å². The number of hydrogen-bond donors (Lipinski definition) is 1. The summed E-state index contributed by atoms with van der Waals surface area (Å²) < 4.78 is 5.13. The first kappa shape index (κ1) is 15.9. The normalized spacial score (nSPS) is 10.3. The molecule has 2 aromatic carbocycles. The number of ether oxygens (including phenoxy) is 1. The maximum absolute atomic E-state index is 12.2. The van der Waals surface area contributed by atoms with Gasteiger partial charge in [-0.1, -0.05) is 36.4 Å². The van der Waals surface area contributed by atoms with Gasteiger partial charge in [0.05, 0.1) is 12.8 Å². The number of hydrogen-bond acceptors (Lipinski definition) is 3. The molecule has 4 heteroatoms. The van der Waals surface area contributed by atoms with Gasteiger partial charge in [0, 0.05) is 20.0 Å². The van der Waals surface area contributed by atoms with Crippen molar-refractivity contribution in [2.45, 2.75) is 19.4 Å². The van der Waals surface area contributed by atoms with E-state index in [1.54, 1.807) is 12.0 Å². The molecule has 1 amide bonds. The Hall–Kier alpha value is -2.49. The topological polar surface area (TPSA) is 55.6 Å². The van der Waals surface area contributed by atoms with Crippen molar-refractivity contribution in [3.8, 4) is 5.75 Å². The highest BCUT2D eigenvalue weighted by Gasteiger charge is 2.10. The predicted molar refractivity (Wildman–Crippen MR) is 88.6 cm³/mol. The molecule has 116 valence electrons. The first-order valence-corrected chi connectivity index (χ1v) is 7.30. The molecule has 0 radical (unpaired) electrons. The first-order chi connectivity index (χ1) is 10.6. The predicted octanol–water partition coefficient (Wildman–Crippen LogP) is 2.87. The van der Waals surface area contributed by atoms with Crippen LogP contribution in [0.4, 0.5) is 5.69 Å². The second kappa shape index (κ2) is 7.50. The van der Waals surface area contributed by atoms with Crippen LogP contribution in [0.3, 0.4) is 0 Å². The maximum Gasteiger partial charge on any atom is 0.222 e. The van der Waals surface area contributed by atoms with Gasteiger partial charge in [-0.25, -0.2) is 0 Å². The van der Waals surface area contributed by atoms with Crippen LogP contribution in [0.15, 0.2) is 48.5 Å². The van der Waals surface area contributed by atoms with Gasteiger partial charge in [0.1, 0.15) is 5.75 Å². The summed E-state index contributed by atoms with van der Waals surface area (Å²) in [5.41, 5.74) is 8.65. The van der Waals surface area contributed by atoms with Gasteiger partial charge in [-0.2, -0.15) is 0 Å². The number of carbonyl (C=O) groups excluding carboxylic acids is 1. The van der Waals surface area contributed by atoms with E-state index >= 15 is 0 Å². The van der Waals surface area contributed by atoms with E-state index in [1.807, 2.05) is 55.6 Å². The summed E-state index contributed by atoms with van der Waals surface area (Å²) in [5, 5.41) is 0. The SMILES string of the molecule is COc1ccc(CCC(=O)N(C)Cc2ccccc2)cc1N. The van der Waals surface area contributed by atoms with Crippen molar-refractivity contribution in [2.75, 3.05) is 19.9 Å². The van der Waals surface area contributed by atoms with E-state index in [-0.39, 0.29) is 5.91 Å². The molecule has 0 aliphatic rings. The van der Waals surface area contributed by atoms with Crippen LogP contribution in [0, 0.1) is 0 Å². The zero-order valence-corrected chi connectivity index (χ0v) is 13.1. The highest BCUT2D eigenvalue weighted by Crippen LogP contribution is 2.22. The molecule has 0 saturated heterocycles. The molecular formula is C18H22N2O2. The molecule has 0 aromatic heterocycles. The lowest BCUT2D eigenvalue weighted by Gasteiger charge is -2.17. The Kier molecular flexibility index (Phi) is 5.42. The van der Waals surface area contributed by atoms with E-state index in [9.17, 15) is 4.79 Å². The third kappa shape index (κ3) is 4.25. The second-order valence-electron chi connectivity index (χ2n) is 5.31. The average molecular weight is 298 g/mol. The molecule has 0 aliphatic carbocycles. The van der Waals surface area contributed by atoms with Crippen LogP contribution >= 0.6 is 0 Å². The zero-order chi connectivity index (χ0) is 15.9. The van der Waals surface area contributed by atoms with Crippen molar-refractivity contribution in [3.05, 3.63) is 59.7 Å². The number of methoxy groups -OCH3 is 1. The Morgan fingerprint density at radius 2 is 1.86 bits per heavy atom. The van der Waals surface area contributed by atoms with Gasteiger partial charge in [0.2, 0.25) is 5.91 Å². The highest BCUT2D eigenvalue weighted by atomic mass is 16.5. The van der Waals surface area contributed by atoms with Crippen LogP contribution < -0.4 is 10.5 Å². The standard InChI is InChI=1S/C18H22N2O2/c1-20(13-15-6-4-3-5-7-15)18(21)11-9-14-8-10-17(22-2)16(19)12-14/h3-8,10,12H,9,11,13,19H2,1-2H3. The number of anilines is 1. The van der Waals surface area contributed by atoms with Gasteiger partial charge in [-0.05, 0) is 29.7 Å². The third-order valence-electron chi connectivity index (χ3n) is 3.61. The molecule has 0 atom stereocenters. The van der Waals surface area contributed by atoms with E-state index in [4.69, 9.17) is 10.5 Å². The lowest BCUT2D eigenvalue weighted by atomic mass is 10.1. The smallest absolute Gasteiger partial charge is 0.222 e. The van der Waals surface area contributed by atoms with E-state index in [2.05, 4.69) is 0 Å². The van der Waals surface area contributed by atoms with E-state index < -0.39 is 0 Å². The quantitative estimate of drug-likeness (QED) is 0.834. The Bertz CT molecular complexity index is 626. The molecule has 0 fully saturated rings. The zero-order valence-electron chi connectivity index (χ0n) is 13.1. The van der Waals surface area contributed by atoms with Crippen molar-refractivity contribution in [1.29, 1.82) is 0 Å². The van der Waals surface area contributed by atoms with Crippen LogP contribution in [-0.2, 0) is 17.8 Å². The lowest BCUT2D eigenvalue weighted by Crippen LogP contribution is -2.26. The van der Waals surface area contributed by atoms with Crippen molar-refractivity contribution < 1.29 is 9.53 Å². The molecule has 2 rings (SSSR count). The number of aryl methyl sites for hydroxylation is 1. The first-order valence-electron chi connectivity index (χ1n) is 7.30. The number of nitrogens with two attached hydrogens (primary N) is 1. The second-order valence-corrected chi connectivity index (χ2v) is 5.31. The molecule has 2 aromatic rings. The lowest BCUT2D eigenvalue weighted by molar-refractivity contribution is -0.130. The molecule has 0 bridgehead atoms. The van der Waals surface area contributed by atoms with Gasteiger partial charge in [0.15, 0.2) is 0 Å². The summed E-state index contributed by atoms with van der Waals surface area (Å²) in [6.07, 6.45) is 1.14. The number of carbonyl (C=O) groups is 1. The summed E-state index contributed by atoms with van der Waals surface area (Å²) in [6, 6.07) is 15.6. The van der Waals surface area contributed by atoms with Crippen LogP contribution in [0.1, 0.15) is 17.5 Å². The summed E-state index contributed by atoms with van der Waals surface area (Å²) in [6.45, 7) is 0.629. The monoisotopic (exact) mass is 298 g/mol. The fraction of sp³-hybridized carbons (Fsp3) is 0.278. The molecule has 22 heavy (non-hydrogen) atoms.